The topological polar surface area (TPSA) is 62.0 Å². The fourth-order valence-corrected chi connectivity index (χ4v) is 3.65. The van der Waals surface area contributed by atoms with Gasteiger partial charge in [-0.25, -0.2) is 0 Å². The molecule has 0 bridgehead atoms. The first-order valence-electron chi connectivity index (χ1n) is 9.84. The van der Waals surface area contributed by atoms with E-state index in [-0.39, 0.29) is 24.0 Å². The summed E-state index contributed by atoms with van der Waals surface area (Å²) < 4.78 is 11.1. The molecule has 1 fully saturated rings. The Balaban J connectivity index is 0.00000280. The lowest BCUT2D eigenvalue weighted by atomic mass is 9.97. The minimum atomic E-state index is 0. The van der Waals surface area contributed by atoms with Gasteiger partial charge in [-0.2, -0.15) is 0 Å². The highest BCUT2D eigenvalue weighted by molar-refractivity contribution is 14.0. The van der Waals surface area contributed by atoms with Gasteiger partial charge in [0, 0.05) is 38.2 Å². The second-order valence-corrected chi connectivity index (χ2v) is 7.23. The average molecular weight is 500 g/mol. The molecule has 1 aromatic carbocycles. The van der Waals surface area contributed by atoms with Crippen molar-refractivity contribution >= 4 is 40.9 Å². The van der Waals surface area contributed by atoms with Crippen molar-refractivity contribution in [3.63, 3.8) is 0 Å². The van der Waals surface area contributed by atoms with Crippen molar-refractivity contribution in [3.05, 3.63) is 35.6 Å². The first-order valence-corrected chi connectivity index (χ1v) is 9.84. The Bertz CT molecular complexity index is 754. The summed E-state index contributed by atoms with van der Waals surface area (Å²) in [5.74, 6) is 2.48. The van der Waals surface area contributed by atoms with Crippen LogP contribution in [-0.2, 0) is 11.3 Å². The number of benzene rings is 1. The van der Waals surface area contributed by atoms with Crippen LogP contribution < -0.4 is 10.6 Å². The number of nitrogens with one attached hydrogen (secondary N) is 2. The zero-order valence-electron chi connectivity index (χ0n) is 17.2. The Morgan fingerprint density at radius 1 is 1.25 bits per heavy atom. The van der Waals surface area contributed by atoms with E-state index in [1.807, 2.05) is 25.2 Å². The highest BCUT2D eigenvalue weighted by atomic mass is 127. The number of fused-ring (bicyclic) bond motifs is 1. The summed E-state index contributed by atoms with van der Waals surface area (Å²) >= 11 is 0. The summed E-state index contributed by atoms with van der Waals surface area (Å²) in [6.45, 7) is 7.86. The molecule has 0 saturated carbocycles. The number of methoxy groups -OCH3 is 1. The molecule has 28 heavy (non-hydrogen) atoms. The molecule has 0 radical (unpaired) electrons. The number of hydrogen-bond donors (Lipinski definition) is 2. The van der Waals surface area contributed by atoms with Crippen LogP contribution in [0, 0.1) is 12.8 Å². The molecule has 0 amide bonds. The van der Waals surface area contributed by atoms with Crippen LogP contribution in [0.25, 0.3) is 11.0 Å². The first-order chi connectivity index (χ1) is 13.2. The standard InChI is InChI=1S/C21H32N4O2.HI/c1-16-18-6-4-5-7-19(18)27-20(16)15-24-21(22-2)23-14-17-8-10-25(11-9-17)12-13-26-3;/h4-7,17H,8-15H2,1-3H3,(H2,22,23,24);1H. The number of ether oxygens (including phenoxy) is 1. The van der Waals surface area contributed by atoms with Crippen LogP contribution in [0.5, 0.6) is 0 Å². The maximum atomic E-state index is 5.97. The van der Waals surface area contributed by atoms with Gasteiger partial charge in [-0.3, -0.25) is 4.99 Å². The van der Waals surface area contributed by atoms with E-state index < -0.39 is 0 Å². The molecule has 6 nitrogen and oxygen atoms in total. The molecule has 0 spiro atoms. The number of aliphatic imine (C=N–C) groups is 1. The van der Waals surface area contributed by atoms with Crippen LogP contribution in [-0.4, -0.2) is 57.8 Å². The van der Waals surface area contributed by atoms with E-state index in [1.54, 1.807) is 7.11 Å². The number of piperidine rings is 1. The number of likely N-dealkylation sites (tertiary alicyclic amines) is 1. The summed E-state index contributed by atoms with van der Waals surface area (Å²) in [5, 5.41) is 8.03. The Morgan fingerprint density at radius 2 is 2.00 bits per heavy atom. The smallest absolute Gasteiger partial charge is 0.191 e. The SMILES string of the molecule is CN=C(NCc1oc2ccccc2c1C)NCC1CCN(CCOC)CC1.I. The van der Waals surface area contributed by atoms with Crippen molar-refractivity contribution in [1.29, 1.82) is 0 Å². The molecule has 0 unspecified atom stereocenters. The number of rotatable bonds is 7. The molecule has 1 aliphatic rings. The molecule has 1 aromatic heterocycles. The van der Waals surface area contributed by atoms with Crippen molar-refractivity contribution in [2.45, 2.75) is 26.3 Å². The quantitative estimate of drug-likeness (QED) is 0.347. The predicted octanol–water partition coefficient (Wildman–Crippen LogP) is 3.38. The van der Waals surface area contributed by atoms with E-state index in [0.717, 1.165) is 50.1 Å². The van der Waals surface area contributed by atoms with Crippen LogP contribution in [0.3, 0.4) is 0 Å². The van der Waals surface area contributed by atoms with Crippen LogP contribution in [0.4, 0.5) is 0 Å². The van der Waals surface area contributed by atoms with Crippen LogP contribution in [0.15, 0.2) is 33.7 Å². The van der Waals surface area contributed by atoms with Crippen LogP contribution in [0.2, 0.25) is 0 Å². The van der Waals surface area contributed by atoms with Crippen LogP contribution in [0.1, 0.15) is 24.2 Å². The molecule has 0 aliphatic carbocycles. The third-order valence-electron chi connectivity index (χ3n) is 5.46. The van der Waals surface area contributed by atoms with Gasteiger partial charge < -0.3 is 24.7 Å². The summed E-state index contributed by atoms with van der Waals surface area (Å²) in [7, 11) is 3.58. The Hall–Kier alpha value is -1.32. The number of nitrogens with zero attached hydrogens (tertiary/aromatic N) is 2. The maximum absolute atomic E-state index is 5.97. The largest absolute Gasteiger partial charge is 0.459 e. The van der Waals surface area contributed by atoms with Crippen LogP contribution >= 0.6 is 24.0 Å². The van der Waals surface area contributed by atoms with Crippen molar-refractivity contribution in [3.8, 4) is 0 Å². The number of furan rings is 1. The van der Waals surface area contributed by atoms with Crippen molar-refractivity contribution in [2.75, 3.05) is 46.9 Å². The number of halogens is 1. The van der Waals surface area contributed by atoms with Gasteiger partial charge in [0.05, 0.1) is 13.2 Å². The molecular formula is C21H33IN4O2. The summed E-state index contributed by atoms with van der Waals surface area (Å²) in [6.07, 6.45) is 2.44. The van der Waals surface area contributed by atoms with E-state index in [1.165, 1.54) is 23.8 Å². The molecule has 2 aromatic rings. The lowest BCUT2D eigenvalue weighted by Crippen LogP contribution is -2.43. The molecule has 156 valence electrons. The molecular weight excluding hydrogens is 467 g/mol. The molecule has 0 atom stereocenters. The zero-order chi connectivity index (χ0) is 19.1. The van der Waals surface area contributed by atoms with Gasteiger partial charge in [0.25, 0.3) is 0 Å². The minimum Gasteiger partial charge on any atom is -0.459 e. The number of para-hydroxylation sites is 1. The summed E-state index contributed by atoms with van der Waals surface area (Å²) in [4.78, 5) is 6.84. The maximum Gasteiger partial charge on any atom is 0.191 e. The third-order valence-corrected chi connectivity index (χ3v) is 5.46. The van der Waals surface area contributed by atoms with Crippen molar-refractivity contribution in [1.82, 2.24) is 15.5 Å². The van der Waals surface area contributed by atoms with Gasteiger partial charge in [0.2, 0.25) is 0 Å². The number of hydrogen-bond acceptors (Lipinski definition) is 4. The first kappa shape index (κ1) is 23.0. The molecule has 1 saturated heterocycles. The summed E-state index contributed by atoms with van der Waals surface area (Å²) in [5.41, 5.74) is 2.13. The van der Waals surface area contributed by atoms with Crippen molar-refractivity contribution in [2.24, 2.45) is 10.9 Å². The fraction of sp³-hybridized carbons (Fsp3) is 0.571. The second-order valence-electron chi connectivity index (χ2n) is 7.23. The van der Waals surface area contributed by atoms with E-state index in [2.05, 4.69) is 33.5 Å². The Kier molecular flexibility index (Phi) is 9.53. The van der Waals surface area contributed by atoms with Crippen molar-refractivity contribution < 1.29 is 9.15 Å². The second kappa shape index (κ2) is 11.6. The molecule has 7 heteroatoms. The van der Waals surface area contributed by atoms with E-state index in [9.17, 15) is 0 Å². The molecule has 2 N–H and O–H groups in total. The average Bonchev–Trinajstić information content (AvgIpc) is 3.03. The summed E-state index contributed by atoms with van der Waals surface area (Å²) in [6, 6.07) is 8.16. The van der Waals surface area contributed by atoms with Gasteiger partial charge in [-0.15, -0.1) is 24.0 Å². The molecule has 2 heterocycles. The fourth-order valence-electron chi connectivity index (χ4n) is 3.65. The van der Waals surface area contributed by atoms with E-state index >= 15 is 0 Å². The van der Waals surface area contributed by atoms with Gasteiger partial charge in [0.15, 0.2) is 5.96 Å². The highest BCUT2D eigenvalue weighted by Crippen LogP contribution is 2.24. The van der Waals surface area contributed by atoms with E-state index in [0.29, 0.717) is 12.5 Å². The third kappa shape index (κ3) is 6.09. The normalized spacial score (nSPS) is 16.2. The minimum absolute atomic E-state index is 0. The van der Waals surface area contributed by atoms with Gasteiger partial charge in [-0.05, 0) is 44.8 Å². The molecule has 1 aliphatic heterocycles. The predicted molar refractivity (Wildman–Crippen MR) is 126 cm³/mol. The number of aryl methyl sites for hydroxylation is 1. The lowest BCUT2D eigenvalue weighted by Gasteiger charge is -2.32. The Labute approximate surface area is 185 Å². The van der Waals surface area contributed by atoms with E-state index in [4.69, 9.17) is 9.15 Å². The van der Waals surface area contributed by atoms with Gasteiger partial charge in [-0.1, -0.05) is 18.2 Å². The highest BCUT2D eigenvalue weighted by Gasteiger charge is 2.19. The monoisotopic (exact) mass is 500 g/mol. The zero-order valence-corrected chi connectivity index (χ0v) is 19.5. The van der Waals surface area contributed by atoms with Gasteiger partial charge >= 0.3 is 0 Å². The lowest BCUT2D eigenvalue weighted by molar-refractivity contribution is 0.121. The van der Waals surface area contributed by atoms with Gasteiger partial charge in [0.1, 0.15) is 11.3 Å². The Morgan fingerprint density at radius 3 is 2.68 bits per heavy atom. The molecule has 3 rings (SSSR count). The number of guanidine groups is 1.